The Hall–Kier alpha value is -0.220. The standard InChI is InChI=1S/C8H5Cl4NO2/c9-7(8(10,11)12)5-1-3-6(4-2-5)13(14)15/h1-4,7H. The van der Waals surface area contributed by atoms with Gasteiger partial charge in [0.25, 0.3) is 5.69 Å². The van der Waals surface area contributed by atoms with Crippen LogP contribution in [0.1, 0.15) is 10.9 Å². The minimum atomic E-state index is -1.64. The van der Waals surface area contributed by atoms with Gasteiger partial charge in [0.1, 0.15) is 5.38 Å². The predicted octanol–water partition coefficient (Wildman–Crippen LogP) is 4.24. The highest BCUT2D eigenvalue weighted by Crippen LogP contribution is 2.44. The van der Waals surface area contributed by atoms with E-state index in [-0.39, 0.29) is 5.69 Å². The zero-order chi connectivity index (χ0) is 11.6. The van der Waals surface area contributed by atoms with Gasteiger partial charge in [0.05, 0.1) is 4.92 Å². The van der Waals surface area contributed by atoms with Crippen LogP contribution >= 0.6 is 46.4 Å². The van der Waals surface area contributed by atoms with E-state index in [9.17, 15) is 10.1 Å². The first kappa shape index (κ1) is 12.8. The number of halogens is 4. The van der Waals surface area contributed by atoms with Gasteiger partial charge in [-0.05, 0) is 5.56 Å². The summed E-state index contributed by atoms with van der Waals surface area (Å²) in [4.78, 5) is 9.86. The SMILES string of the molecule is O=[N+]([O-])c1ccc(C(Cl)C(Cl)(Cl)Cl)cc1. The monoisotopic (exact) mass is 287 g/mol. The summed E-state index contributed by atoms with van der Waals surface area (Å²) in [7, 11) is 0. The van der Waals surface area contributed by atoms with E-state index < -0.39 is 14.1 Å². The number of nitro benzene ring substituents is 1. The van der Waals surface area contributed by atoms with Gasteiger partial charge in [-0.2, -0.15) is 0 Å². The van der Waals surface area contributed by atoms with E-state index in [2.05, 4.69) is 0 Å². The molecule has 7 heteroatoms. The second-order valence-electron chi connectivity index (χ2n) is 2.75. The predicted molar refractivity (Wildman–Crippen MR) is 62.0 cm³/mol. The molecule has 82 valence electrons. The van der Waals surface area contributed by atoms with Gasteiger partial charge in [0, 0.05) is 12.1 Å². The van der Waals surface area contributed by atoms with E-state index in [1.54, 1.807) is 0 Å². The molecule has 0 radical (unpaired) electrons. The summed E-state index contributed by atoms with van der Waals surface area (Å²) in [6, 6.07) is 5.53. The minimum Gasteiger partial charge on any atom is -0.258 e. The summed E-state index contributed by atoms with van der Waals surface area (Å²) in [5.74, 6) is 0. The highest BCUT2D eigenvalue weighted by molar-refractivity contribution is 6.70. The van der Waals surface area contributed by atoms with Gasteiger partial charge in [-0.15, -0.1) is 11.6 Å². The Labute approximate surface area is 106 Å². The van der Waals surface area contributed by atoms with Gasteiger partial charge in [0.15, 0.2) is 0 Å². The molecule has 0 aliphatic carbocycles. The number of non-ortho nitro benzene ring substituents is 1. The maximum absolute atomic E-state index is 10.4. The van der Waals surface area contributed by atoms with E-state index in [4.69, 9.17) is 46.4 Å². The second-order valence-corrected chi connectivity index (χ2v) is 5.56. The Bertz CT molecular complexity index is 360. The van der Waals surface area contributed by atoms with Gasteiger partial charge < -0.3 is 0 Å². The molecule has 0 aromatic heterocycles. The summed E-state index contributed by atoms with van der Waals surface area (Å²) < 4.78 is -1.64. The number of alkyl halides is 4. The molecule has 0 spiro atoms. The largest absolute Gasteiger partial charge is 0.269 e. The molecule has 0 saturated heterocycles. The molecular formula is C8H5Cl4NO2. The van der Waals surface area contributed by atoms with Gasteiger partial charge in [-0.1, -0.05) is 46.9 Å². The average Bonchev–Trinajstić information content (AvgIpc) is 2.15. The Balaban J connectivity index is 2.94. The normalized spacial score (nSPS) is 13.6. The molecule has 0 saturated carbocycles. The number of benzene rings is 1. The van der Waals surface area contributed by atoms with Crippen molar-refractivity contribution in [3.05, 3.63) is 39.9 Å². The van der Waals surface area contributed by atoms with Crippen LogP contribution in [0.3, 0.4) is 0 Å². The fourth-order valence-electron chi connectivity index (χ4n) is 0.954. The number of hydrogen-bond acceptors (Lipinski definition) is 2. The average molecular weight is 289 g/mol. The van der Waals surface area contributed by atoms with Crippen LogP contribution in [-0.2, 0) is 0 Å². The van der Waals surface area contributed by atoms with E-state index >= 15 is 0 Å². The van der Waals surface area contributed by atoms with E-state index in [1.165, 1.54) is 24.3 Å². The Morgan fingerprint density at radius 3 is 2.00 bits per heavy atom. The molecule has 0 aliphatic heterocycles. The van der Waals surface area contributed by atoms with Crippen LogP contribution in [0, 0.1) is 10.1 Å². The summed E-state index contributed by atoms with van der Waals surface area (Å²) in [5.41, 5.74) is 0.481. The number of nitro groups is 1. The van der Waals surface area contributed by atoms with E-state index in [1.807, 2.05) is 0 Å². The lowest BCUT2D eigenvalue weighted by molar-refractivity contribution is -0.384. The van der Waals surface area contributed by atoms with Gasteiger partial charge in [0.2, 0.25) is 3.79 Å². The van der Waals surface area contributed by atoms with Crippen LogP contribution in [-0.4, -0.2) is 8.72 Å². The Kier molecular flexibility index (Phi) is 4.06. The van der Waals surface area contributed by atoms with Gasteiger partial charge >= 0.3 is 0 Å². The van der Waals surface area contributed by atoms with Crippen molar-refractivity contribution in [3.63, 3.8) is 0 Å². The molecule has 15 heavy (non-hydrogen) atoms. The maximum atomic E-state index is 10.4. The molecule has 0 bridgehead atoms. The quantitative estimate of drug-likeness (QED) is 0.464. The maximum Gasteiger partial charge on any atom is 0.269 e. The zero-order valence-corrected chi connectivity index (χ0v) is 10.2. The first-order valence-electron chi connectivity index (χ1n) is 3.77. The molecule has 1 unspecified atom stereocenters. The summed E-state index contributed by atoms with van der Waals surface area (Å²) >= 11 is 22.6. The molecule has 0 aliphatic rings. The van der Waals surface area contributed by atoms with E-state index in [0.29, 0.717) is 5.56 Å². The Morgan fingerprint density at radius 2 is 1.67 bits per heavy atom. The first-order chi connectivity index (χ1) is 6.82. The third-order valence-corrected chi connectivity index (χ3v) is 3.25. The summed E-state index contributed by atoms with van der Waals surface area (Å²) in [6.07, 6.45) is 0. The Morgan fingerprint density at radius 1 is 1.20 bits per heavy atom. The van der Waals surface area contributed by atoms with Crippen LogP contribution in [0.4, 0.5) is 5.69 Å². The van der Waals surface area contributed by atoms with Crippen LogP contribution in [0.25, 0.3) is 0 Å². The molecule has 0 amide bonds. The topological polar surface area (TPSA) is 43.1 Å². The number of rotatable bonds is 2. The minimum absolute atomic E-state index is 0.0352. The first-order valence-corrected chi connectivity index (χ1v) is 5.34. The number of hydrogen-bond donors (Lipinski definition) is 0. The van der Waals surface area contributed by atoms with Gasteiger partial charge in [-0.25, -0.2) is 0 Å². The fraction of sp³-hybridized carbons (Fsp3) is 0.250. The molecule has 0 heterocycles. The lowest BCUT2D eigenvalue weighted by Gasteiger charge is -2.17. The van der Waals surface area contributed by atoms with Gasteiger partial charge in [-0.3, -0.25) is 10.1 Å². The van der Waals surface area contributed by atoms with Crippen molar-refractivity contribution in [2.24, 2.45) is 0 Å². The van der Waals surface area contributed by atoms with Crippen molar-refractivity contribution in [2.75, 3.05) is 0 Å². The lowest BCUT2D eigenvalue weighted by atomic mass is 10.1. The van der Waals surface area contributed by atoms with Crippen molar-refractivity contribution in [1.29, 1.82) is 0 Å². The molecule has 1 rings (SSSR count). The van der Waals surface area contributed by atoms with Crippen LogP contribution in [0.2, 0.25) is 0 Å². The summed E-state index contributed by atoms with van der Waals surface area (Å²) in [5, 5.41) is 9.53. The van der Waals surface area contributed by atoms with Crippen molar-refractivity contribution in [1.82, 2.24) is 0 Å². The third-order valence-electron chi connectivity index (χ3n) is 1.68. The van der Waals surface area contributed by atoms with Crippen molar-refractivity contribution < 1.29 is 4.92 Å². The van der Waals surface area contributed by atoms with Crippen molar-refractivity contribution in [3.8, 4) is 0 Å². The third kappa shape index (κ3) is 3.38. The van der Waals surface area contributed by atoms with Crippen molar-refractivity contribution in [2.45, 2.75) is 9.17 Å². The van der Waals surface area contributed by atoms with E-state index in [0.717, 1.165) is 0 Å². The highest BCUT2D eigenvalue weighted by atomic mass is 35.6. The molecular weight excluding hydrogens is 284 g/mol. The molecule has 1 aromatic rings. The second kappa shape index (κ2) is 4.74. The van der Waals surface area contributed by atoms with Crippen LogP contribution in [0.15, 0.2) is 24.3 Å². The lowest BCUT2D eigenvalue weighted by Crippen LogP contribution is -2.11. The number of nitrogens with zero attached hydrogens (tertiary/aromatic N) is 1. The summed E-state index contributed by atoms with van der Waals surface area (Å²) in [6.45, 7) is 0. The highest BCUT2D eigenvalue weighted by Gasteiger charge is 2.32. The smallest absolute Gasteiger partial charge is 0.258 e. The zero-order valence-electron chi connectivity index (χ0n) is 7.16. The molecule has 1 atom stereocenters. The van der Waals surface area contributed by atoms with Crippen LogP contribution < -0.4 is 0 Å². The molecule has 3 nitrogen and oxygen atoms in total. The molecule has 0 fully saturated rings. The molecule has 0 N–H and O–H groups in total. The fourth-order valence-corrected chi connectivity index (χ4v) is 1.48. The van der Waals surface area contributed by atoms with Crippen molar-refractivity contribution >= 4 is 52.1 Å². The molecule has 1 aromatic carbocycles. The van der Waals surface area contributed by atoms with Crippen LogP contribution in [0.5, 0.6) is 0 Å².